The van der Waals surface area contributed by atoms with Gasteiger partial charge in [-0.3, -0.25) is 4.79 Å². The third-order valence-electron chi connectivity index (χ3n) is 3.75. The first-order valence-electron chi connectivity index (χ1n) is 7.59. The van der Waals surface area contributed by atoms with Gasteiger partial charge >= 0.3 is 0 Å². The minimum atomic E-state index is -0.767. The van der Waals surface area contributed by atoms with Gasteiger partial charge < -0.3 is 10.1 Å². The van der Waals surface area contributed by atoms with Crippen LogP contribution in [0, 0.1) is 17.2 Å². The summed E-state index contributed by atoms with van der Waals surface area (Å²) in [4.78, 5) is 12.4. The second-order valence-corrected chi connectivity index (χ2v) is 5.20. The van der Waals surface area contributed by atoms with Crippen LogP contribution in [0.15, 0.2) is 48.5 Å². The van der Waals surface area contributed by atoms with Crippen LogP contribution >= 0.6 is 0 Å². The van der Waals surface area contributed by atoms with E-state index in [2.05, 4.69) is 11.4 Å². The summed E-state index contributed by atoms with van der Waals surface area (Å²) in [6.07, 6.45) is 1.14. The average molecular weight is 308 g/mol. The fraction of sp³-hybridized carbons (Fsp3) is 0.263. The normalized spacial score (nSPS) is 11.3. The molecule has 1 atom stereocenters. The van der Waals surface area contributed by atoms with E-state index < -0.39 is 5.92 Å². The summed E-state index contributed by atoms with van der Waals surface area (Å²) in [7, 11) is 1.58. The smallest absolute Gasteiger partial charge is 0.242 e. The molecule has 0 fully saturated rings. The van der Waals surface area contributed by atoms with Crippen LogP contribution < -0.4 is 10.1 Å². The molecule has 0 heterocycles. The third-order valence-corrected chi connectivity index (χ3v) is 3.75. The van der Waals surface area contributed by atoms with Crippen molar-refractivity contribution >= 4 is 11.6 Å². The van der Waals surface area contributed by atoms with E-state index in [1.54, 1.807) is 7.11 Å². The number of nitrogens with one attached hydrogen (secondary N) is 1. The van der Waals surface area contributed by atoms with Crippen molar-refractivity contribution in [1.29, 1.82) is 5.26 Å². The number of carbonyl (C=O) groups is 1. The highest BCUT2D eigenvalue weighted by molar-refractivity contribution is 5.95. The Balaban J connectivity index is 2.14. The maximum absolute atomic E-state index is 12.4. The van der Waals surface area contributed by atoms with Crippen molar-refractivity contribution < 1.29 is 9.53 Å². The van der Waals surface area contributed by atoms with E-state index in [4.69, 9.17) is 4.74 Å². The summed E-state index contributed by atoms with van der Waals surface area (Å²) in [5, 5.41) is 12.2. The standard InChI is InChI=1S/C19H20N2O2/c1-3-14-8-4-6-10-17(14)21-19(22)16(13-20)12-15-9-5-7-11-18(15)23-2/h4-11,16H,3,12H2,1-2H3,(H,21,22)/t16-/m1/s1. The van der Waals surface area contributed by atoms with Crippen LogP contribution in [0.4, 0.5) is 5.69 Å². The van der Waals surface area contributed by atoms with E-state index in [1.807, 2.05) is 55.5 Å². The number of carbonyl (C=O) groups excluding carboxylic acids is 1. The molecule has 23 heavy (non-hydrogen) atoms. The van der Waals surface area contributed by atoms with E-state index in [0.717, 1.165) is 23.2 Å². The number of anilines is 1. The Bertz CT molecular complexity index is 719. The van der Waals surface area contributed by atoms with E-state index in [9.17, 15) is 10.1 Å². The van der Waals surface area contributed by atoms with Gasteiger partial charge in [-0.2, -0.15) is 5.26 Å². The van der Waals surface area contributed by atoms with Crippen molar-refractivity contribution in [3.63, 3.8) is 0 Å². The quantitative estimate of drug-likeness (QED) is 0.887. The van der Waals surface area contributed by atoms with Gasteiger partial charge in [-0.05, 0) is 29.7 Å². The monoisotopic (exact) mass is 308 g/mol. The molecule has 0 radical (unpaired) electrons. The maximum atomic E-state index is 12.4. The number of methoxy groups -OCH3 is 1. The highest BCUT2D eigenvalue weighted by Crippen LogP contribution is 2.22. The molecule has 0 aromatic heterocycles. The topological polar surface area (TPSA) is 62.1 Å². The van der Waals surface area contributed by atoms with Gasteiger partial charge in [0.2, 0.25) is 5.91 Å². The fourth-order valence-electron chi connectivity index (χ4n) is 2.46. The molecule has 0 bridgehead atoms. The van der Waals surface area contributed by atoms with Crippen molar-refractivity contribution in [2.45, 2.75) is 19.8 Å². The molecule has 0 aliphatic carbocycles. The van der Waals surface area contributed by atoms with E-state index >= 15 is 0 Å². The number of hydrogen-bond donors (Lipinski definition) is 1. The molecule has 118 valence electrons. The number of nitriles is 1. The van der Waals surface area contributed by atoms with Crippen molar-refractivity contribution in [1.82, 2.24) is 0 Å². The fourth-order valence-corrected chi connectivity index (χ4v) is 2.46. The van der Waals surface area contributed by atoms with Gasteiger partial charge in [0, 0.05) is 12.1 Å². The van der Waals surface area contributed by atoms with Gasteiger partial charge in [0.05, 0.1) is 13.2 Å². The lowest BCUT2D eigenvalue weighted by Gasteiger charge is -2.14. The lowest BCUT2D eigenvalue weighted by molar-refractivity contribution is -0.118. The van der Waals surface area contributed by atoms with Crippen molar-refractivity contribution in [3.8, 4) is 11.8 Å². The van der Waals surface area contributed by atoms with Crippen LogP contribution in [-0.2, 0) is 17.6 Å². The first kappa shape index (κ1) is 16.6. The van der Waals surface area contributed by atoms with E-state index in [-0.39, 0.29) is 5.91 Å². The Hall–Kier alpha value is -2.80. The molecule has 4 heteroatoms. The summed E-state index contributed by atoms with van der Waals surface area (Å²) in [5.41, 5.74) is 2.66. The molecule has 1 N–H and O–H groups in total. The molecule has 2 rings (SSSR count). The minimum Gasteiger partial charge on any atom is -0.496 e. The average Bonchev–Trinajstić information content (AvgIpc) is 2.60. The van der Waals surface area contributed by atoms with E-state index in [0.29, 0.717) is 12.2 Å². The molecule has 0 aliphatic rings. The minimum absolute atomic E-state index is 0.292. The molecule has 0 unspecified atom stereocenters. The summed E-state index contributed by atoms with van der Waals surface area (Å²) in [5.74, 6) is -0.370. The van der Waals surface area contributed by atoms with Crippen molar-refractivity contribution in [2.75, 3.05) is 12.4 Å². The number of nitrogens with zero attached hydrogens (tertiary/aromatic N) is 1. The van der Waals surface area contributed by atoms with Crippen LogP contribution in [-0.4, -0.2) is 13.0 Å². The molecule has 0 aliphatic heterocycles. The first-order chi connectivity index (χ1) is 11.2. The van der Waals surface area contributed by atoms with Crippen LogP contribution in [0.1, 0.15) is 18.1 Å². The highest BCUT2D eigenvalue weighted by Gasteiger charge is 2.20. The number of ether oxygens (including phenoxy) is 1. The number of hydrogen-bond acceptors (Lipinski definition) is 3. The molecule has 0 spiro atoms. The summed E-state index contributed by atoms with van der Waals surface area (Å²) >= 11 is 0. The second kappa shape index (κ2) is 8.00. The Morgan fingerprint density at radius 3 is 2.48 bits per heavy atom. The summed E-state index contributed by atoms with van der Waals surface area (Å²) in [6, 6.07) is 17.2. The Morgan fingerprint density at radius 1 is 1.17 bits per heavy atom. The molecule has 2 aromatic rings. The van der Waals surface area contributed by atoms with Gasteiger partial charge in [-0.25, -0.2) is 0 Å². The van der Waals surface area contributed by atoms with Gasteiger partial charge in [0.1, 0.15) is 11.7 Å². The van der Waals surface area contributed by atoms with Crippen LogP contribution in [0.2, 0.25) is 0 Å². The number of benzene rings is 2. The number of rotatable bonds is 6. The molecule has 2 aromatic carbocycles. The first-order valence-corrected chi connectivity index (χ1v) is 7.59. The van der Waals surface area contributed by atoms with Crippen LogP contribution in [0.3, 0.4) is 0 Å². The number of aryl methyl sites for hydroxylation is 1. The van der Waals surface area contributed by atoms with Gasteiger partial charge in [0.25, 0.3) is 0 Å². The lowest BCUT2D eigenvalue weighted by atomic mass is 9.98. The third kappa shape index (κ3) is 4.10. The molecular formula is C19H20N2O2. The zero-order chi connectivity index (χ0) is 16.7. The second-order valence-electron chi connectivity index (χ2n) is 5.20. The Labute approximate surface area is 136 Å². The molecule has 0 saturated heterocycles. The molecule has 1 amide bonds. The molecule has 0 saturated carbocycles. The van der Waals surface area contributed by atoms with Crippen LogP contribution in [0.5, 0.6) is 5.75 Å². The van der Waals surface area contributed by atoms with Crippen molar-refractivity contribution in [2.24, 2.45) is 5.92 Å². The molecular weight excluding hydrogens is 288 g/mol. The zero-order valence-electron chi connectivity index (χ0n) is 13.4. The predicted octanol–water partition coefficient (Wildman–Crippen LogP) is 3.58. The van der Waals surface area contributed by atoms with Crippen LogP contribution in [0.25, 0.3) is 0 Å². The van der Waals surface area contributed by atoms with Gasteiger partial charge in [0.15, 0.2) is 0 Å². The zero-order valence-corrected chi connectivity index (χ0v) is 13.4. The highest BCUT2D eigenvalue weighted by atomic mass is 16.5. The van der Waals surface area contributed by atoms with Gasteiger partial charge in [-0.15, -0.1) is 0 Å². The Morgan fingerprint density at radius 2 is 1.83 bits per heavy atom. The predicted molar refractivity (Wildman–Crippen MR) is 90.3 cm³/mol. The molecule has 4 nitrogen and oxygen atoms in total. The van der Waals surface area contributed by atoms with E-state index in [1.165, 1.54) is 0 Å². The largest absolute Gasteiger partial charge is 0.496 e. The lowest BCUT2D eigenvalue weighted by Crippen LogP contribution is -2.24. The number of para-hydroxylation sites is 2. The maximum Gasteiger partial charge on any atom is 0.242 e. The summed E-state index contributed by atoms with van der Waals surface area (Å²) in [6.45, 7) is 2.03. The summed E-state index contributed by atoms with van der Waals surface area (Å²) < 4.78 is 5.28. The van der Waals surface area contributed by atoms with Crippen molar-refractivity contribution in [3.05, 3.63) is 59.7 Å². The van der Waals surface area contributed by atoms with Gasteiger partial charge in [-0.1, -0.05) is 43.3 Å². The number of amides is 1. The Kier molecular flexibility index (Phi) is 5.76. The SMILES string of the molecule is CCc1ccccc1NC(=O)[C@@H](C#N)Cc1ccccc1OC.